The van der Waals surface area contributed by atoms with Crippen LogP contribution in [-0.2, 0) is 12.8 Å². The van der Waals surface area contributed by atoms with Crippen LogP contribution in [0.5, 0.6) is 5.75 Å². The fraction of sp³-hybridized carbons (Fsp3) is 0.444. The minimum atomic E-state index is -0.544. The highest BCUT2D eigenvalue weighted by atomic mass is 16.5. The van der Waals surface area contributed by atoms with E-state index in [-0.39, 0.29) is 11.8 Å². The molecule has 126 valence electrons. The lowest BCUT2D eigenvalue weighted by molar-refractivity contribution is 0.0764. The molecule has 1 fully saturated rings. The first-order chi connectivity index (χ1) is 11.6. The molecule has 1 aromatic heterocycles. The van der Waals surface area contributed by atoms with Crippen molar-refractivity contribution in [3.05, 3.63) is 46.8 Å². The molecule has 6 heteroatoms. The second-order valence-corrected chi connectivity index (χ2v) is 6.60. The number of nitrogens with zero attached hydrogens (tertiary/aromatic N) is 2. The molecule has 2 aliphatic rings. The van der Waals surface area contributed by atoms with Crippen molar-refractivity contribution < 1.29 is 19.2 Å². The van der Waals surface area contributed by atoms with Gasteiger partial charge in [-0.2, -0.15) is 0 Å². The van der Waals surface area contributed by atoms with E-state index in [1.165, 1.54) is 0 Å². The average Bonchev–Trinajstić information content (AvgIpc) is 3.27. The predicted octanol–water partition coefficient (Wildman–Crippen LogP) is 1.59. The van der Waals surface area contributed by atoms with Crippen molar-refractivity contribution in [2.24, 2.45) is 5.92 Å². The van der Waals surface area contributed by atoms with Crippen LogP contribution in [0.4, 0.5) is 0 Å². The monoisotopic (exact) mass is 328 g/mol. The second-order valence-electron chi connectivity index (χ2n) is 6.60. The van der Waals surface area contributed by atoms with Crippen LogP contribution in [0.3, 0.4) is 0 Å². The molecule has 6 nitrogen and oxygen atoms in total. The number of β-amino-alcohol motifs (C(OH)–C–C–N with tert-alkyl or cyclic N) is 1. The standard InChI is InChI=1S/C18H20N2O4/c1-11-6-15(24-19-11)8-14-9-20(10-16(14)21)18(22)13-2-3-17-12(7-13)4-5-23-17/h2-3,6-7,14,16,21H,4-5,8-10H2,1H3/t14-,16+/m1/s1. The van der Waals surface area contributed by atoms with Gasteiger partial charge in [-0.3, -0.25) is 4.79 Å². The van der Waals surface area contributed by atoms with Gasteiger partial charge in [0.25, 0.3) is 5.91 Å². The number of rotatable bonds is 3. The highest BCUT2D eigenvalue weighted by molar-refractivity contribution is 5.95. The van der Waals surface area contributed by atoms with Crippen molar-refractivity contribution in [3.63, 3.8) is 0 Å². The van der Waals surface area contributed by atoms with Crippen LogP contribution in [-0.4, -0.2) is 46.9 Å². The average molecular weight is 328 g/mol. The van der Waals surface area contributed by atoms with E-state index in [1.54, 1.807) is 11.0 Å². The third kappa shape index (κ3) is 2.78. The van der Waals surface area contributed by atoms with E-state index in [2.05, 4.69) is 5.16 Å². The van der Waals surface area contributed by atoms with Gasteiger partial charge in [0.05, 0.1) is 18.4 Å². The molecule has 1 saturated heterocycles. The molecule has 1 amide bonds. The van der Waals surface area contributed by atoms with E-state index in [0.717, 1.165) is 29.2 Å². The topological polar surface area (TPSA) is 75.8 Å². The molecule has 24 heavy (non-hydrogen) atoms. The Balaban J connectivity index is 1.46. The van der Waals surface area contributed by atoms with E-state index >= 15 is 0 Å². The Morgan fingerprint density at radius 1 is 1.38 bits per heavy atom. The van der Waals surface area contributed by atoms with Crippen molar-refractivity contribution in [1.82, 2.24) is 10.1 Å². The van der Waals surface area contributed by atoms with Crippen LogP contribution >= 0.6 is 0 Å². The van der Waals surface area contributed by atoms with Crippen molar-refractivity contribution in [1.29, 1.82) is 0 Å². The molecule has 0 bridgehead atoms. The number of carbonyl (C=O) groups excluding carboxylic acids is 1. The smallest absolute Gasteiger partial charge is 0.253 e. The van der Waals surface area contributed by atoms with Crippen LogP contribution in [0.15, 0.2) is 28.8 Å². The number of hydrogen-bond acceptors (Lipinski definition) is 5. The van der Waals surface area contributed by atoms with Gasteiger partial charge in [-0.25, -0.2) is 0 Å². The molecular formula is C18H20N2O4. The lowest BCUT2D eigenvalue weighted by Gasteiger charge is -2.16. The van der Waals surface area contributed by atoms with Gasteiger partial charge in [0.1, 0.15) is 11.5 Å². The van der Waals surface area contributed by atoms with E-state index in [0.29, 0.717) is 31.7 Å². The van der Waals surface area contributed by atoms with Crippen molar-refractivity contribution >= 4 is 5.91 Å². The Morgan fingerprint density at radius 2 is 2.25 bits per heavy atom. The maximum absolute atomic E-state index is 12.7. The lowest BCUT2D eigenvalue weighted by Crippen LogP contribution is -2.29. The van der Waals surface area contributed by atoms with E-state index < -0.39 is 6.10 Å². The number of ether oxygens (including phenoxy) is 1. The third-order valence-electron chi connectivity index (χ3n) is 4.77. The summed E-state index contributed by atoms with van der Waals surface area (Å²) in [5, 5.41) is 14.2. The third-order valence-corrected chi connectivity index (χ3v) is 4.77. The number of hydrogen-bond donors (Lipinski definition) is 1. The molecule has 3 heterocycles. The Labute approximate surface area is 140 Å². The summed E-state index contributed by atoms with van der Waals surface area (Å²) in [5.41, 5.74) is 2.56. The zero-order valence-corrected chi connectivity index (χ0v) is 13.6. The fourth-order valence-corrected chi connectivity index (χ4v) is 3.49. The minimum absolute atomic E-state index is 0.0286. The molecule has 2 atom stereocenters. The van der Waals surface area contributed by atoms with Gasteiger partial charge in [0.15, 0.2) is 0 Å². The SMILES string of the molecule is Cc1cc(C[C@@H]2CN(C(=O)c3ccc4c(c3)CCO4)C[C@@H]2O)on1. The minimum Gasteiger partial charge on any atom is -0.493 e. The summed E-state index contributed by atoms with van der Waals surface area (Å²) >= 11 is 0. The summed E-state index contributed by atoms with van der Waals surface area (Å²) in [7, 11) is 0. The summed E-state index contributed by atoms with van der Waals surface area (Å²) < 4.78 is 10.7. The van der Waals surface area contributed by atoms with Crippen molar-refractivity contribution in [3.8, 4) is 5.75 Å². The maximum atomic E-state index is 12.7. The molecule has 0 aliphatic carbocycles. The number of aryl methyl sites for hydroxylation is 1. The number of aromatic nitrogens is 1. The Hall–Kier alpha value is -2.34. The molecule has 2 aromatic rings. The van der Waals surface area contributed by atoms with Crippen molar-refractivity contribution in [2.45, 2.75) is 25.9 Å². The summed E-state index contributed by atoms with van der Waals surface area (Å²) in [6, 6.07) is 7.44. The van der Waals surface area contributed by atoms with Crippen LogP contribution in [0.1, 0.15) is 27.4 Å². The Morgan fingerprint density at radius 3 is 3.04 bits per heavy atom. The first kappa shape index (κ1) is 15.2. The molecular weight excluding hydrogens is 308 g/mol. The van der Waals surface area contributed by atoms with Gasteiger partial charge >= 0.3 is 0 Å². The van der Waals surface area contributed by atoms with Crippen LogP contribution in [0.25, 0.3) is 0 Å². The number of carbonyl (C=O) groups is 1. The predicted molar refractivity (Wildman–Crippen MR) is 86.0 cm³/mol. The van der Waals surface area contributed by atoms with Gasteiger partial charge in [0, 0.05) is 43.5 Å². The zero-order chi connectivity index (χ0) is 16.7. The number of fused-ring (bicyclic) bond motifs is 1. The fourth-order valence-electron chi connectivity index (χ4n) is 3.49. The maximum Gasteiger partial charge on any atom is 0.253 e. The molecule has 0 unspecified atom stereocenters. The van der Waals surface area contributed by atoms with Crippen LogP contribution in [0.2, 0.25) is 0 Å². The van der Waals surface area contributed by atoms with Gasteiger partial charge in [-0.15, -0.1) is 0 Å². The van der Waals surface area contributed by atoms with Crippen LogP contribution < -0.4 is 4.74 Å². The summed E-state index contributed by atoms with van der Waals surface area (Å²) in [6.07, 6.45) is 0.883. The Kier molecular flexibility index (Phi) is 3.76. The molecule has 1 aromatic carbocycles. The van der Waals surface area contributed by atoms with Crippen molar-refractivity contribution in [2.75, 3.05) is 19.7 Å². The number of aliphatic hydroxyl groups excluding tert-OH is 1. The first-order valence-electron chi connectivity index (χ1n) is 8.25. The van der Waals surface area contributed by atoms with Gasteiger partial charge in [-0.1, -0.05) is 5.16 Å². The van der Waals surface area contributed by atoms with Gasteiger partial charge in [0.2, 0.25) is 0 Å². The van der Waals surface area contributed by atoms with Gasteiger partial charge < -0.3 is 19.3 Å². The van der Waals surface area contributed by atoms with E-state index in [1.807, 2.05) is 25.1 Å². The van der Waals surface area contributed by atoms with Gasteiger partial charge in [-0.05, 0) is 30.7 Å². The highest BCUT2D eigenvalue weighted by Crippen LogP contribution is 2.28. The first-order valence-corrected chi connectivity index (χ1v) is 8.25. The summed E-state index contributed by atoms with van der Waals surface area (Å²) in [5.74, 6) is 1.55. The molecule has 0 spiro atoms. The molecule has 0 radical (unpaired) electrons. The second kappa shape index (κ2) is 5.94. The normalized spacial score (nSPS) is 22.5. The number of likely N-dealkylation sites (tertiary alicyclic amines) is 1. The summed E-state index contributed by atoms with van der Waals surface area (Å²) in [4.78, 5) is 14.5. The van der Waals surface area contributed by atoms with E-state index in [4.69, 9.17) is 9.26 Å². The summed E-state index contributed by atoms with van der Waals surface area (Å²) in [6.45, 7) is 3.41. The number of benzene rings is 1. The highest BCUT2D eigenvalue weighted by Gasteiger charge is 2.35. The number of aliphatic hydroxyl groups is 1. The Bertz CT molecular complexity index is 770. The molecule has 4 rings (SSSR count). The number of amides is 1. The molecule has 1 N–H and O–H groups in total. The zero-order valence-electron chi connectivity index (χ0n) is 13.6. The lowest BCUT2D eigenvalue weighted by atomic mass is 10.0. The van der Waals surface area contributed by atoms with E-state index in [9.17, 15) is 9.90 Å². The molecule has 2 aliphatic heterocycles. The largest absolute Gasteiger partial charge is 0.493 e. The van der Waals surface area contributed by atoms with Crippen LogP contribution in [0, 0.1) is 12.8 Å². The molecule has 0 saturated carbocycles. The quantitative estimate of drug-likeness (QED) is 0.926.